The van der Waals surface area contributed by atoms with Crippen molar-refractivity contribution < 1.29 is 5.11 Å². The van der Waals surface area contributed by atoms with Crippen molar-refractivity contribution in [3.8, 4) is 0 Å². The van der Waals surface area contributed by atoms with Crippen molar-refractivity contribution in [1.29, 1.82) is 0 Å². The first-order chi connectivity index (χ1) is 9.36. The molecule has 0 amide bonds. The van der Waals surface area contributed by atoms with Crippen LogP contribution in [0.2, 0.25) is 0 Å². The van der Waals surface area contributed by atoms with E-state index in [0.717, 1.165) is 4.57 Å². The van der Waals surface area contributed by atoms with Crippen LogP contribution in [0.4, 0.5) is 5.95 Å². The topological polar surface area (TPSA) is 105 Å². The largest absolute Gasteiger partial charge is 0.394 e. The van der Waals surface area contributed by atoms with Crippen molar-refractivity contribution in [1.82, 2.24) is 19.1 Å². The number of aromatic amines is 1. The monoisotopic (exact) mass is 281 g/mol. The maximum atomic E-state index is 12.0. The molecule has 0 saturated carbocycles. The van der Waals surface area contributed by atoms with Crippen LogP contribution in [0.5, 0.6) is 0 Å². The van der Waals surface area contributed by atoms with Crippen LogP contribution in [-0.4, -0.2) is 36.9 Å². The van der Waals surface area contributed by atoms with E-state index in [-0.39, 0.29) is 24.1 Å². The zero-order chi connectivity index (χ0) is 15.0. The highest BCUT2D eigenvalue weighted by atomic mass is 16.3. The van der Waals surface area contributed by atoms with Crippen LogP contribution in [0.3, 0.4) is 0 Å². The molecule has 20 heavy (non-hydrogen) atoms. The van der Waals surface area contributed by atoms with E-state index in [4.69, 9.17) is 0 Å². The predicted octanol–water partition coefficient (Wildman–Crippen LogP) is -0.611. The van der Waals surface area contributed by atoms with Gasteiger partial charge in [-0.05, 0) is 5.92 Å². The van der Waals surface area contributed by atoms with Gasteiger partial charge in [0.15, 0.2) is 11.2 Å². The second-order valence-electron chi connectivity index (χ2n) is 5.17. The molecule has 110 valence electrons. The third kappa shape index (κ3) is 2.22. The van der Waals surface area contributed by atoms with Gasteiger partial charge in [0.1, 0.15) is 0 Å². The quantitative estimate of drug-likeness (QED) is 0.693. The van der Waals surface area contributed by atoms with Gasteiger partial charge in [0.25, 0.3) is 5.56 Å². The van der Waals surface area contributed by atoms with Gasteiger partial charge >= 0.3 is 5.69 Å². The van der Waals surface area contributed by atoms with Gasteiger partial charge in [0.2, 0.25) is 5.95 Å². The lowest BCUT2D eigenvalue weighted by Gasteiger charge is -2.18. The molecule has 0 saturated heterocycles. The fourth-order valence-electron chi connectivity index (χ4n) is 1.99. The number of hydrogen-bond donors (Lipinski definition) is 3. The summed E-state index contributed by atoms with van der Waals surface area (Å²) in [6.07, 6.45) is 0. The van der Waals surface area contributed by atoms with E-state index >= 15 is 0 Å². The number of imidazole rings is 1. The van der Waals surface area contributed by atoms with Gasteiger partial charge in [-0.3, -0.25) is 13.9 Å². The SMILES string of the molecule is CC(C)C(CO)Nc1nc2c([nH]1)c(=O)n(C)c(=O)n2C. The number of anilines is 1. The summed E-state index contributed by atoms with van der Waals surface area (Å²) in [7, 11) is 2.98. The molecule has 0 spiro atoms. The molecular formula is C12H19N5O3. The fraction of sp³-hybridized carbons (Fsp3) is 0.583. The Morgan fingerprint density at radius 1 is 1.30 bits per heavy atom. The molecule has 2 aromatic heterocycles. The van der Waals surface area contributed by atoms with Gasteiger partial charge in [0.05, 0.1) is 12.6 Å². The van der Waals surface area contributed by atoms with Crippen LogP contribution in [0.25, 0.3) is 11.2 Å². The lowest BCUT2D eigenvalue weighted by Crippen LogP contribution is -2.36. The van der Waals surface area contributed by atoms with Gasteiger partial charge in [-0.1, -0.05) is 13.8 Å². The second-order valence-corrected chi connectivity index (χ2v) is 5.17. The second kappa shape index (κ2) is 5.12. The van der Waals surface area contributed by atoms with Crippen LogP contribution in [0, 0.1) is 5.92 Å². The maximum absolute atomic E-state index is 12.0. The molecule has 1 unspecified atom stereocenters. The Morgan fingerprint density at radius 3 is 2.50 bits per heavy atom. The number of nitrogens with zero attached hydrogens (tertiary/aromatic N) is 3. The maximum Gasteiger partial charge on any atom is 0.332 e. The minimum absolute atomic E-state index is 0.0499. The normalized spacial score (nSPS) is 13.1. The summed E-state index contributed by atoms with van der Waals surface area (Å²) in [5.41, 5.74) is -0.296. The van der Waals surface area contributed by atoms with Gasteiger partial charge < -0.3 is 15.4 Å². The number of aliphatic hydroxyl groups is 1. The lowest BCUT2D eigenvalue weighted by molar-refractivity contribution is 0.249. The predicted molar refractivity (Wildman–Crippen MR) is 75.9 cm³/mol. The highest BCUT2D eigenvalue weighted by Crippen LogP contribution is 2.12. The molecule has 8 heteroatoms. The van der Waals surface area contributed by atoms with Crippen LogP contribution in [-0.2, 0) is 14.1 Å². The molecule has 2 rings (SSSR count). The molecule has 0 bridgehead atoms. The number of aryl methyl sites for hydroxylation is 1. The average Bonchev–Trinajstić information content (AvgIpc) is 2.84. The zero-order valence-corrected chi connectivity index (χ0v) is 12.0. The van der Waals surface area contributed by atoms with Crippen LogP contribution >= 0.6 is 0 Å². The first-order valence-corrected chi connectivity index (χ1v) is 6.40. The highest BCUT2D eigenvalue weighted by molar-refractivity contribution is 5.72. The molecule has 3 N–H and O–H groups in total. The van der Waals surface area contributed by atoms with Crippen LogP contribution in [0.15, 0.2) is 9.59 Å². The van der Waals surface area contributed by atoms with Gasteiger partial charge in [-0.25, -0.2) is 4.79 Å². The lowest BCUT2D eigenvalue weighted by atomic mass is 10.1. The minimum Gasteiger partial charge on any atom is -0.394 e. The van der Waals surface area contributed by atoms with Crippen molar-refractivity contribution in [3.05, 3.63) is 20.8 Å². The Morgan fingerprint density at radius 2 is 1.95 bits per heavy atom. The Balaban J connectivity index is 2.55. The van der Waals surface area contributed by atoms with Gasteiger partial charge in [-0.15, -0.1) is 0 Å². The molecule has 0 aromatic carbocycles. The summed E-state index contributed by atoms with van der Waals surface area (Å²) in [4.78, 5) is 30.9. The first-order valence-electron chi connectivity index (χ1n) is 6.40. The summed E-state index contributed by atoms with van der Waals surface area (Å²) in [5.74, 6) is 0.561. The Bertz CT molecular complexity index is 740. The Labute approximate surface area is 115 Å². The van der Waals surface area contributed by atoms with Crippen molar-refractivity contribution >= 4 is 17.1 Å². The molecule has 0 aliphatic carbocycles. The molecule has 0 aliphatic rings. The molecular weight excluding hydrogens is 262 g/mol. The summed E-state index contributed by atoms with van der Waals surface area (Å²) in [6.45, 7) is 3.88. The Kier molecular flexibility index (Phi) is 3.67. The molecule has 8 nitrogen and oxygen atoms in total. The summed E-state index contributed by atoms with van der Waals surface area (Å²) < 4.78 is 2.33. The smallest absolute Gasteiger partial charge is 0.332 e. The van der Waals surface area contributed by atoms with E-state index in [2.05, 4.69) is 15.3 Å². The minimum atomic E-state index is -0.428. The van der Waals surface area contributed by atoms with Crippen molar-refractivity contribution in [2.24, 2.45) is 20.0 Å². The number of rotatable bonds is 4. The number of H-pyrrole nitrogens is 1. The van der Waals surface area contributed by atoms with E-state index in [1.807, 2.05) is 13.8 Å². The van der Waals surface area contributed by atoms with Crippen molar-refractivity contribution in [3.63, 3.8) is 0 Å². The van der Waals surface area contributed by atoms with Crippen molar-refractivity contribution in [2.45, 2.75) is 19.9 Å². The van der Waals surface area contributed by atoms with E-state index in [1.54, 1.807) is 7.05 Å². The van der Waals surface area contributed by atoms with Gasteiger partial charge in [-0.2, -0.15) is 4.98 Å². The molecule has 0 aliphatic heterocycles. The standard InChI is InChI=1S/C12H19N5O3/c1-6(2)7(5-18)13-11-14-8-9(15-11)16(3)12(20)17(4)10(8)19/h6-7,18H,5H2,1-4H3,(H2,13,14,15). The fourth-order valence-corrected chi connectivity index (χ4v) is 1.99. The summed E-state index contributed by atoms with van der Waals surface area (Å²) in [6, 6.07) is -0.184. The van der Waals surface area contributed by atoms with Crippen LogP contribution in [0.1, 0.15) is 13.8 Å². The molecule has 2 heterocycles. The zero-order valence-electron chi connectivity index (χ0n) is 12.0. The first kappa shape index (κ1) is 14.3. The molecule has 1 atom stereocenters. The van der Waals surface area contributed by atoms with Gasteiger partial charge in [0, 0.05) is 14.1 Å². The highest BCUT2D eigenvalue weighted by Gasteiger charge is 2.17. The van der Waals surface area contributed by atoms with E-state index in [1.165, 1.54) is 11.6 Å². The third-order valence-corrected chi connectivity index (χ3v) is 3.42. The Hall–Kier alpha value is -2.09. The summed E-state index contributed by atoms with van der Waals surface area (Å²) >= 11 is 0. The molecule has 2 aromatic rings. The van der Waals surface area contributed by atoms with Crippen LogP contribution < -0.4 is 16.6 Å². The number of aromatic nitrogens is 4. The number of hydrogen-bond acceptors (Lipinski definition) is 5. The molecule has 0 fully saturated rings. The number of fused-ring (bicyclic) bond motifs is 1. The number of aliphatic hydroxyl groups excluding tert-OH is 1. The van der Waals surface area contributed by atoms with E-state index in [9.17, 15) is 14.7 Å². The van der Waals surface area contributed by atoms with E-state index in [0.29, 0.717) is 11.6 Å². The average molecular weight is 281 g/mol. The van der Waals surface area contributed by atoms with Crippen molar-refractivity contribution in [2.75, 3.05) is 11.9 Å². The number of nitrogens with one attached hydrogen (secondary N) is 2. The summed E-state index contributed by atoms with van der Waals surface area (Å²) in [5, 5.41) is 12.3. The molecule has 0 radical (unpaired) electrons. The third-order valence-electron chi connectivity index (χ3n) is 3.42. The van der Waals surface area contributed by atoms with E-state index < -0.39 is 11.2 Å².